The summed E-state index contributed by atoms with van der Waals surface area (Å²) in [7, 11) is 1.38. The minimum Gasteiger partial charge on any atom is -0.469 e. The number of carbonyl (C=O) groups is 2. The molecule has 1 atom stereocenters. The fourth-order valence-electron chi connectivity index (χ4n) is 3.79. The maximum atomic E-state index is 12.5. The summed E-state index contributed by atoms with van der Waals surface area (Å²) in [5, 5.41) is 0. The van der Waals surface area contributed by atoms with Crippen molar-refractivity contribution in [2.24, 2.45) is 0 Å². The summed E-state index contributed by atoms with van der Waals surface area (Å²) in [4.78, 5) is 24.0. The summed E-state index contributed by atoms with van der Waals surface area (Å²) in [5.41, 5.74) is 0.513. The number of hydrogen-bond acceptors (Lipinski definition) is 6. The van der Waals surface area contributed by atoms with Crippen LogP contribution < -0.4 is 0 Å². The van der Waals surface area contributed by atoms with Gasteiger partial charge in [-0.15, -0.1) is 23.5 Å². The van der Waals surface area contributed by atoms with Crippen molar-refractivity contribution in [3.63, 3.8) is 0 Å². The zero-order valence-corrected chi connectivity index (χ0v) is 23.9. The van der Waals surface area contributed by atoms with Gasteiger partial charge in [-0.05, 0) is 68.2 Å². The molecule has 0 amide bonds. The van der Waals surface area contributed by atoms with Crippen molar-refractivity contribution in [3.05, 3.63) is 84.5 Å². The third kappa shape index (κ3) is 13.3. The number of hydrogen-bond donors (Lipinski definition) is 0. The van der Waals surface area contributed by atoms with Crippen LogP contribution in [-0.2, 0) is 14.3 Å². The smallest absolute Gasteiger partial charge is 0.338 e. The van der Waals surface area contributed by atoms with Gasteiger partial charge in [0.15, 0.2) is 0 Å². The second kappa shape index (κ2) is 19.0. The predicted molar refractivity (Wildman–Crippen MR) is 159 cm³/mol. The first-order valence-electron chi connectivity index (χ1n) is 13.4. The first kappa shape index (κ1) is 31.0. The van der Waals surface area contributed by atoms with Crippen molar-refractivity contribution >= 4 is 35.5 Å². The van der Waals surface area contributed by atoms with E-state index in [9.17, 15) is 9.59 Å². The Morgan fingerprint density at radius 1 is 1.00 bits per heavy atom. The monoisotopic (exact) mass is 542 g/mol. The van der Waals surface area contributed by atoms with Crippen molar-refractivity contribution in [1.29, 1.82) is 0 Å². The van der Waals surface area contributed by atoms with Crippen LogP contribution in [0.15, 0.2) is 78.9 Å². The molecule has 6 heteroatoms. The van der Waals surface area contributed by atoms with Gasteiger partial charge in [0.05, 0.1) is 16.8 Å². The van der Waals surface area contributed by atoms with E-state index in [2.05, 4.69) is 31.2 Å². The number of esters is 2. The first-order chi connectivity index (χ1) is 18.1. The van der Waals surface area contributed by atoms with Crippen LogP contribution in [0.2, 0.25) is 0 Å². The lowest BCUT2D eigenvalue weighted by atomic mass is 10.1. The SMILES string of the molecule is CCCCC/C=C\CC1(/C=C/C=C/C=C/[C@H](CCCC(=O)OC)OC(=O)c2ccccc2)SCCCS1. The van der Waals surface area contributed by atoms with Gasteiger partial charge in [-0.25, -0.2) is 4.79 Å². The molecule has 37 heavy (non-hydrogen) atoms. The van der Waals surface area contributed by atoms with E-state index in [1.54, 1.807) is 12.1 Å². The lowest BCUT2D eigenvalue weighted by Gasteiger charge is -2.32. The molecule has 1 aromatic rings. The molecule has 0 aromatic heterocycles. The Balaban J connectivity index is 1.94. The predicted octanol–water partition coefficient (Wildman–Crippen LogP) is 8.32. The normalized spacial score (nSPS) is 16.6. The van der Waals surface area contributed by atoms with E-state index in [1.807, 2.05) is 66.0 Å². The van der Waals surface area contributed by atoms with E-state index in [1.165, 1.54) is 50.7 Å². The number of rotatable bonds is 16. The Bertz CT molecular complexity index is 899. The molecule has 1 saturated heterocycles. The van der Waals surface area contributed by atoms with Gasteiger partial charge in [0.25, 0.3) is 0 Å². The number of methoxy groups -OCH3 is 1. The molecular weight excluding hydrogens is 500 g/mol. The lowest BCUT2D eigenvalue weighted by molar-refractivity contribution is -0.140. The van der Waals surface area contributed by atoms with Crippen LogP contribution in [0.4, 0.5) is 0 Å². The average Bonchev–Trinajstić information content (AvgIpc) is 2.93. The maximum Gasteiger partial charge on any atom is 0.338 e. The van der Waals surface area contributed by atoms with E-state index in [0.29, 0.717) is 24.8 Å². The van der Waals surface area contributed by atoms with Crippen molar-refractivity contribution in [3.8, 4) is 0 Å². The molecule has 0 unspecified atom stereocenters. The van der Waals surface area contributed by atoms with Gasteiger partial charge in [0, 0.05) is 6.42 Å². The van der Waals surface area contributed by atoms with Crippen molar-refractivity contribution in [1.82, 2.24) is 0 Å². The van der Waals surface area contributed by atoms with E-state index in [4.69, 9.17) is 9.47 Å². The Labute approximate surface area is 232 Å². The van der Waals surface area contributed by atoms with Gasteiger partial charge < -0.3 is 9.47 Å². The molecule has 1 aliphatic rings. The summed E-state index contributed by atoms with van der Waals surface area (Å²) in [6.07, 6.45) is 25.3. The molecule has 1 fully saturated rings. The largest absolute Gasteiger partial charge is 0.469 e. The molecule has 0 radical (unpaired) electrons. The number of unbranched alkanes of at least 4 members (excludes halogenated alkanes) is 3. The highest BCUT2D eigenvalue weighted by molar-refractivity contribution is 8.19. The minimum atomic E-state index is -0.417. The fraction of sp³-hybridized carbons (Fsp3) is 0.484. The molecule has 202 valence electrons. The van der Waals surface area contributed by atoms with Gasteiger partial charge in [0.1, 0.15) is 6.10 Å². The van der Waals surface area contributed by atoms with Gasteiger partial charge in [-0.2, -0.15) is 0 Å². The average molecular weight is 543 g/mol. The molecule has 0 bridgehead atoms. The topological polar surface area (TPSA) is 52.6 Å². The van der Waals surface area contributed by atoms with Crippen LogP contribution in [0.5, 0.6) is 0 Å². The number of benzene rings is 1. The van der Waals surface area contributed by atoms with E-state index in [0.717, 1.165) is 6.42 Å². The molecule has 1 aromatic carbocycles. The molecule has 1 aliphatic heterocycles. The standard InChI is InChI=1S/C31H42O4S2/c1-3-4-5-6-8-14-23-31(36-25-17-26-37-31)24-15-9-7-13-20-28(21-16-22-29(32)34-2)35-30(33)27-18-11-10-12-19-27/h7-15,18-20,24,28H,3-6,16-17,21-23,25-26H2,1-2H3/b9-7+,14-8-,20-13+,24-15+/t28-/m1/s1. The highest BCUT2D eigenvalue weighted by Crippen LogP contribution is 2.46. The molecule has 0 spiro atoms. The zero-order chi connectivity index (χ0) is 26.6. The Hall–Kier alpha value is -2.18. The molecule has 1 heterocycles. The van der Waals surface area contributed by atoms with E-state index < -0.39 is 6.10 Å². The summed E-state index contributed by atoms with van der Waals surface area (Å²) in [5.74, 6) is 1.77. The highest BCUT2D eigenvalue weighted by atomic mass is 32.2. The van der Waals surface area contributed by atoms with Gasteiger partial charge >= 0.3 is 11.9 Å². The van der Waals surface area contributed by atoms with Crippen molar-refractivity contribution in [2.45, 2.75) is 74.9 Å². The third-order valence-corrected chi connectivity index (χ3v) is 9.17. The quantitative estimate of drug-likeness (QED) is 0.0906. The minimum absolute atomic E-state index is 0.106. The van der Waals surface area contributed by atoms with Crippen LogP contribution >= 0.6 is 23.5 Å². The molecule has 0 saturated carbocycles. The van der Waals surface area contributed by atoms with Crippen LogP contribution in [0.3, 0.4) is 0 Å². The highest BCUT2D eigenvalue weighted by Gasteiger charge is 2.29. The van der Waals surface area contributed by atoms with Crippen LogP contribution in [0.1, 0.15) is 75.1 Å². The Morgan fingerprint density at radius 3 is 2.49 bits per heavy atom. The number of ether oxygens (including phenoxy) is 2. The van der Waals surface area contributed by atoms with E-state index in [-0.39, 0.29) is 16.0 Å². The summed E-state index contributed by atoms with van der Waals surface area (Å²) >= 11 is 4.09. The second-order valence-electron chi connectivity index (χ2n) is 8.94. The molecule has 4 nitrogen and oxygen atoms in total. The second-order valence-corrected chi connectivity index (χ2v) is 12.0. The molecule has 0 N–H and O–H groups in total. The van der Waals surface area contributed by atoms with Crippen LogP contribution in [-0.4, -0.2) is 40.7 Å². The first-order valence-corrected chi connectivity index (χ1v) is 15.3. The van der Waals surface area contributed by atoms with Crippen LogP contribution in [0.25, 0.3) is 0 Å². The fourth-order valence-corrected chi connectivity index (χ4v) is 6.85. The maximum absolute atomic E-state index is 12.5. The summed E-state index contributed by atoms with van der Waals surface area (Å²) < 4.78 is 10.5. The zero-order valence-electron chi connectivity index (χ0n) is 22.3. The Kier molecular flexibility index (Phi) is 15.9. The number of allylic oxidation sites excluding steroid dienone is 6. The number of thioether (sulfide) groups is 2. The van der Waals surface area contributed by atoms with Gasteiger partial charge in [-0.3, -0.25) is 4.79 Å². The summed E-state index contributed by atoms with van der Waals surface area (Å²) in [6, 6.07) is 8.96. The Morgan fingerprint density at radius 2 is 1.76 bits per heavy atom. The number of carbonyl (C=O) groups excluding carboxylic acids is 2. The van der Waals surface area contributed by atoms with Gasteiger partial charge in [0.2, 0.25) is 0 Å². The third-order valence-electron chi connectivity index (χ3n) is 5.90. The lowest BCUT2D eigenvalue weighted by Crippen LogP contribution is -2.21. The molecule has 2 rings (SSSR count). The van der Waals surface area contributed by atoms with E-state index >= 15 is 0 Å². The van der Waals surface area contributed by atoms with Gasteiger partial charge in [-0.1, -0.05) is 80.5 Å². The molecule has 0 aliphatic carbocycles. The van der Waals surface area contributed by atoms with Crippen molar-refractivity contribution in [2.75, 3.05) is 18.6 Å². The molecular formula is C31H42O4S2. The van der Waals surface area contributed by atoms with Crippen molar-refractivity contribution < 1.29 is 19.1 Å². The van der Waals surface area contributed by atoms with Crippen LogP contribution in [0, 0.1) is 0 Å². The summed E-state index contributed by atoms with van der Waals surface area (Å²) in [6.45, 7) is 2.24.